The monoisotopic (exact) mass is 309 g/mol. The van der Waals surface area contributed by atoms with Crippen molar-refractivity contribution >= 4 is 27.9 Å². The SMILES string of the molecule is CC/C=C(\CC)SC(=NC)SCC(O)c1ccccc1. The molecule has 4 heteroatoms. The molecule has 2 nitrogen and oxygen atoms in total. The van der Waals surface area contributed by atoms with Gasteiger partial charge in [0.1, 0.15) is 4.38 Å². The molecule has 20 heavy (non-hydrogen) atoms. The zero-order valence-corrected chi connectivity index (χ0v) is 14.0. The number of hydrogen-bond acceptors (Lipinski definition) is 4. The van der Waals surface area contributed by atoms with Gasteiger partial charge >= 0.3 is 0 Å². The van der Waals surface area contributed by atoms with Crippen molar-refractivity contribution in [2.75, 3.05) is 12.8 Å². The van der Waals surface area contributed by atoms with Crippen LogP contribution in [0, 0.1) is 0 Å². The van der Waals surface area contributed by atoms with Crippen LogP contribution >= 0.6 is 23.5 Å². The van der Waals surface area contributed by atoms with Crippen molar-refractivity contribution in [2.24, 2.45) is 4.99 Å². The number of thioether (sulfide) groups is 2. The highest BCUT2D eigenvalue weighted by atomic mass is 32.2. The number of aliphatic hydroxyl groups is 1. The Kier molecular flexibility index (Phi) is 8.74. The number of hydrogen-bond donors (Lipinski definition) is 1. The predicted molar refractivity (Wildman–Crippen MR) is 93.5 cm³/mol. The molecule has 0 aliphatic rings. The van der Waals surface area contributed by atoms with Crippen LogP contribution in [0.1, 0.15) is 38.4 Å². The third-order valence-corrected chi connectivity index (χ3v) is 5.32. The maximum absolute atomic E-state index is 10.2. The Labute approximate surface area is 130 Å². The third-order valence-electron chi connectivity index (χ3n) is 2.73. The van der Waals surface area contributed by atoms with Crippen molar-refractivity contribution in [1.29, 1.82) is 0 Å². The van der Waals surface area contributed by atoms with E-state index in [2.05, 4.69) is 24.9 Å². The third kappa shape index (κ3) is 6.16. The molecule has 0 fully saturated rings. The van der Waals surface area contributed by atoms with Gasteiger partial charge in [0.25, 0.3) is 0 Å². The van der Waals surface area contributed by atoms with Crippen LogP contribution in [0.4, 0.5) is 0 Å². The van der Waals surface area contributed by atoms with E-state index < -0.39 is 6.10 Å². The van der Waals surface area contributed by atoms with Gasteiger partial charge in [-0.1, -0.05) is 73.8 Å². The van der Waals surface area contributed by atoms with Crippen LogP contribution < -0.4 is 0 Å². The number of aliphatic hydroxyl groups excluding tert-OH is 1. The highest BCUT2D eigenvalue weighted by molar-refractivity contribution is 8.40. The minimum Gasteiger partial charge on any atom is -0.388 e. The lowest BCUT2D eigenvalue weighted by Crippen LogP contribution is -2.02. The number of nitrogens with zero attached hydrogens (tertiary/aromatic N) is 1. The van der Waals surface area contributed by atoms with Crippen LogP contribution in [-0.4, -0.2) is 22.3 Å². The molecule has 1 unspecified atom stereocenters. The molecule has 1 atom stereocenters. The van der Waals surface area contributed by atoms with E-state index in [4.69, 9.17) is 0 Å². The molecule has 0 radical (unpaired) electrons. The van der Waals surface area contributed by atoms with Gasteiger partial charge in [0, 0.05) is 12.8 Å². The maximum Gasteiger partial charge on any atom is 0.128 e. The predicted octanol–water partition coefficient (Wildman–Crippen LogP) is 4.88. The van der Waals surface area contributed by atoms with E-state index in [-0.39, 0.29) is 0 Å². The van der Waals surface area contributed by atoms with E-state index in [0.29, 0.717) is 5.75 Å². The van der Waals surface area contributed by atoms with E-state index in [0.717, 1.165) is 22.8 Å². The molecule has 0 aliphatic carbocycles. The normalized spacial score (nSPS) is 14.4. The van der Waals surface area contributed by atoms with Crippen LogP contribution in [0.5, 0.6) is 0 Å². The van der Waals surface area contributed by atoms with Crippen LogP contribution in [-0.2, 0) is 0 Å². The Morgan fingerprint density at radius 2 is 2.00 bits per heavy atom. The minimum atomic E-state index is -0.446. The smallest absolute Gasteiger partial charge is 0.128 e. The fourth-order valence-electron chi connectivity index (χ4n) is 1.66. The first-order valence-electron chi connectivity index (χ1n) is 6.90. The lowest BCUT2D eigenvalue weighted by molar-refractivity contribution is 0.204. The van der Waals surface area contributed by atoms with Gasteiger partial charge < -0.3 is 5.11 Å². The fraction of sp³-hybridized carbons (Fsp3) is 0.438. The Morgan fingerprint density at radius 3 is 2.55 bits per heavy atom. The maximum atomic E-state index is 10.2. The summed E-state index contributed by atoms with van der Waals surface area (Å²) in [6.07, 6.45) is 3.87. The van der Waals surface area contributed by atoms with Crippen molar-refractivity contribution in [3.63, 3.8) is 0 Å². The summed E-state index contributed by atoms with van der Waals surface area (Å²) in [6, 6.07) is 9.77. The van der Waals surface area contributed by atoms with Gasteiger partial charge in [-0.2, -0.15) is 0 Å². The van der Waals surface area contributed by atoms with Crippen molar-refractivity contribution in [3.8, 4) is 0 Å². The first-order chi connectivity index (χ1) is 9.71. The molecule has 0 saturated heterocycles. The van der Waals surface area contributed by atoms with Gasteiger partial charge in [-0.3, -0.25) is 4.99 Å². The zero-order valence-electron chi connectivity index (χ0n) is 12.4. The topological polar surface area (TPSA) is 32.6 Å². The summed E-state index contributed by atoms with van der Waals surface area (Å²) in [5.41, 5.74) is 0.959. The van der Waals surface area contributed by atoms with Gasteiger partial charge in [-0.05, 0) is 23.3 Å². The van der Waals surface area contributed by atoms with E-state index in [1.54, 1.807) is 23.5 Å². The molecule has 0 aliphatic heterocycles. The lowest BCUT2D eigenvalue weighted by Gasteiger charge is -2.12. The molecule has 110 valence electrons. The molecule has 0 heterocycles. The quantitative estimate of drug-likeness (QED) is 0.600. The summed E-state index contributed by atoms with van der Waals surface area (Å²) in [6.45, 7) is 4.30. The van der Waals surface area contributed by atoms with Crippen LogP contribution in [0.25, 0.3) is 0 Å². The summed E-state index contributed by atoms with van der Waals surface area (Å²) in [5.74, 6) is 0.632. The molecule has 1 aromatic rings. The van der Waals surface area contributed by atoms with Crippen LogP contribution in [0.2, 0.25) is 0 Å². The standard InChI is InChI=1S/C16H23NOS2/c1-4-9-14(5-2)20-16(17-3)19-12-15(18)13-10-7-6-8-11-13/h6-11,15,18H,4-5,12H2,1-3H3/b14-9+,17-16?. The average Bonchev–Trinajstić information content (AvgIpc) is 2.50. The molecule has 1 aromatic carbocycles. The molecule has 1 rings (SSSR count). The van der Waals surface area contributed by atoms with E-state index >= 15 is 0 Å². The van der Waals surface area contributed by atoms with Crippen molar-refractivity contribution in [2.45, 2.75) is 32.8 Å². The molecule has 0 bridgehead atoms. The minimum absolute atomic E-state index is 0.446. The molecule has 0 saturated carbocycles. The molecular formula is C16H23NOS2. The second-order valence-electron chi connectivity index (χ2n) is 4.26. The van der Waals surface area contributed by atoms with Crippen LogP contribution in [0.3, 0.4) is 0 Å². The second-order valence-corrected chi connectivity index (χ2v) is 6.64. The van der Waals surface area contributed by atoms with Gasteiger partial charge in [0.2, 0.25) is 0 Å². The number of allylic oxidation sites excluding steroid dienone is 2. The second kappa shape index (κ2) is 10.1. The van der Waals surface area contributed by atoms with Gasteiger partial charge in [-0.25, -0.2) is 0 Å². The number of rotatable bonds is 6. The summed E-state index contributed by atoms with van der Waals surface area (Å²) in [5, 5.41) is 10.2. The first-order valence-corrected chi connectivity index (χ1v) is 8.70. The number of aliphatic imine (C=N–C) groups is 1. The zero-order chi connectivity index (χ0) is 14.8. The van der Waals surface area contributed by atoms with Crippen LogP contribution in [0.15, 0.2) is 46.3 Å². The van der Waals surface area contributed by atoms with Crippen molar-refractivity contribution in [3.05, 3.63) is 46.9 Å². The Bertz CT molecular complexity index is 443. The average molecular weight is 310 g/mol. The highest BCUT2D eigenvalue weighted by Crippen LogP contribution is 2.29. The largest absolute Gasteiger partial charge is 0.388 e. The summed E-state index contributed by atoms with van der Waals surface area (Å²) in [7, 11) is 1.81. The molecule has 0 spiro atoms. The Balaban J connectivity index is 2.52. The van der Waals surface area contributed by atoms with Crippen molar-refractivity contribution in [1.82, 2.24) is 0 Å². The highest BCUT2D eigenvalue weighted by Gasteiger charge is 2.10. The van der Waals surface area contributed by atoms with Crippen molar-refractivity contribution < 1.29 is 5.11 Å². The Hall–Kier alpha value is -0.710. The summed E-state index contributed by atoms with van der Waals surface area (Å²) in [4.78, 5) is 5.66. The van der Waals surface area contributed by atoms with E-state index in [1.165, 1.54) is 4.91 Å². The first kappa shape index (κ1) is 17.3. The molecule has 1 N–H and O–H groups in total. The number of benzene rings is 1. The lowest BCUT2D eigenvalue weighted by atomic mass is 10.1. The fourth-order valence-corrected chi connectivity index (χ4v) is 3.75. The molecule has 0 amide bonds. The molecular weight excluding hydrogens is 286 g/mol. The Morgan fingerprint density at radius 1 is 1.30 bits per heavy atom. The van der Waals surface area contributed by atoms with E-state index in [1.807, 2.05) is 37.4 Å². The van der Waals surface area contributed by atoms with E-state index in [9.17, 15) is 5.11 Å². The summed E-state index contributed by atoms with van der Waals surface area (Å²) < 4.78 is 1.02. The summed E-state index contributed by atoms with van der Waals surface area (Å²) >= 11 is 3.33. The van der Waals surface area contributed by atoms with Gasteiger partial charge in [-0.15, -0.1) is 0 Å². The van der Waals surface area contributed by atoms with Gasteiger partial charge in [0.05, 0.1) is 6.10 Å². The molecule has 0 aromatic heterocycles. The van der Waals surface area contributed by atoms with Gasteiger partial charge in [0.15, 0.2) is 0 Å².